The van der Waals surface area contributed by atoms with E-state index in [9.17, 15) is 5.26 Å². The van der Waals surface area contributed by atoms with Gasteiger partial charge in [0.15, 0.2) is 17.3 Å². The lowest BCUT2D eigenvalue weighted by atomic mass is 10.1. The largest absolute Gasteiger partial charge is 0.493 e. The molecule has 3 saturated heterocycles. The van der Waals surface area contributed by atoms with Gasteiger partial charge in [-0.25, -0.2) is 9.98 Å². The van der Waals surface area contributed by atoms with E-state index in [2.05, 4.69) is 20.9 Å². The summed E-state index contributed by atoms with van der Waals surface area (Å²) in [6.45, 7) is 0.957. The minimum atomic E-state index is 0.340. The van der Waals surface area contributed by atoms with E-state index in [1.165, 1.54) is 19.3 Å². The van der Waals surface area contributed by atoms with Crippen LogP contribution in [-0.4, -0.2) is 54.6 Å². The van der Waals surface area contributed by atoms with Crippen LogP contribution in [0.5, 0.6) is 5.75 Å². The number of fused-ring (bicyclic) bond motifs is 4. The van der Waals surface area contributed by atoms with Gasteiger partial charge in [0.05, 0.1) is 18.8 Å². The Labute approximate surface area is 147 Å². The highest BCUT2D eigenvalue weighted by molar-refractivity contribution is 8.02. The van der Waals surface area contributed by atoms with Crippen LogP contribution in [0, 0.1) is 11.3 Å². The van der Waals surface area contributed by atoms with Crippen LogP contribution in [0.25, 0.3) is 0 Å². The number of methoxy groups -OCH3 is 1. The molecule has 1 aromatic heterocycles. The third kappa shape index (κ3) is 3.44. The zero-order valence-corrected chi connectivity index (χ0v) is 15.2. The first-order valence-corrected chi connectivity index (χ1v) is 9.18. The summed E-state index contributed by atoms with van der Waals surface area (Å²) >= 11 is 2.01. The number of anilines is 1. The molecule has 4 heterocycles. The van der Waals surface area contributed by atoms with E-state index in [1.807, 2.05) is 36.8 Å². The first-order valence-electron chi connectivity index (χ1n) is 8.24. The number of pyridine rings is 1. The van der Waals surface area contributed by atoms with Gasteiger partial charge >= 0.3 is 0 Å². The third-order valence-corrected chi connectivity index (χ3v) is 5.89. The summed E-state index contributed by atoms with van der Waals surface area (Å²) in [5.41, 5.74) is 0.879. The summed E-state index contributed by atoms with van der Waals surface area (Å²) in [7, 11) is 5.42. The predicted octanol–water partition coefficient (Wildman–Crippen LogP) is 3.01. The number of aliphatic imine (C=N–C) groups is 1. The Morgan fingerprint density at radius 2 is 2.29 bits per heavy atom. The molecule has 6 nitrogen and oxygen atoms in total. The minimum Gasteiger partial charge on any atom is -0.493 e. The lowest BCUT2D eigenvalue weighted by Crippen LogP contribution is -2.45. The van der Waals surface area contributed by atoms with E-state index in [-0.39, 0.29) is 0 Å². The van der Waals surface area contributed by atoms with Crippen molar-refractivity contribution in [3.8, 4) is 11.8 Å². The Kier molecular flexibility index (Phi) is 5.14. The van der Waals surface area contributed by atoms with Gasteiger partial charge in [0.25, 0.3) is 0 Å². The number of nitrogens with zero attached hydrogens (tertiary/aromatic N) is 5. The second-order valence-electron chi connectivity index (χ2n) is 6.34. The smallest absolute Gasteiger partial charge is 0.173 e. The van der Waals surface area contributed by atoms with Gasteiger partial charge < -0.3 is 14.5 Å². The molecule has 0 radical (unpaired) electrons. The highest BCUT2D eigenvalue weighted by Gasteiger charge is 2.37. The zero-order valence-electron chi connectivity index (χ0n) is 14.4. The number of aromatic nitrogens is 1. The van der Waals surface area contributed by atoms with Gasteiger partial charge in [0.2, 0.25) is 0 Å². The average molecular weight is 345 g/mol. The van der Waals surface area contributed by atoms with Crippen LogP contribution < -0.4 is 9.64 Å². The van der Waals surface area contributed by atoms with E-state index in [0.29, 0.717) is 22.5 Å². The summed E-state index contributed by atoms with van der Waals surface area (Å²) in [4.78, 5) is 13.1. The van der Waals surface area contributed by atoms with E-state index >= 15 is 0 Å². The number of hydrogen-bond donors (Lipinski definition) is 0. The summed E-state index contributed by atoms with van der Waals surface area (Å²) in [6.07, 6.45) is 6.58. The molecule has 2 atom stereocenters. The molecule has 0 amide bonds. The van der Waals surface area contributed by atoms with Crippen molar-refractivity contribution in [2.24, 2.45) is 4.99 Å². The highest BCUT2D eigenvalue weighted by Crippen LogP contribution is 2.46. The molecular weight excluding hydrogens is 322 g/mol. The topological polar surface area (TPSA) is 64.8 Å². The molecule has 0 aromatic carbocycles. The Morgan fingerprint density at radius 3 is 2.96 bits per heavy atom. The van der Waals surface area contributed by atoms with Crippen molar-refractivity contribution in [2.45, 2.75) is 36.3 Å². The van der Waals surface area contributed by atoms with Gasteiger partial charge in [-0.1, -0.05) is 6.42 Å². The fourth-order valence-electron chi connectivity index (χ4n) is 3.05. The molecule has 7 heteroatoms. The molecule has 128 valence electrons. The van der Waals surface area contributed by atoms with Gasteiger partial charge in [0, 0.05) is 32.0 Å². The van der Waals surface area contributed by atoms with E-state index in [0.717, 1.165) is 24.0 Å². The third-order valence-electron chi connectivity index (χ3n) is 4.31. The molecule has 0 saturated carbocycles. The Hall–Kier alpha value is -1.94. The number of thioether (sulfide) groups is 1. The molecule has 3 aliphatic rings. The van der Waals surface area contributed by atoms with Gasteiger partial charge in [-0.2, -0.15) is 5.26 Å². The monoisotopic (exact) mass is 345 g/mol. The summed E-state index contributed by atoms with van der Waals surface area (Å²) < 4.78 is 5.57. The second-order valence-corrected chi connectivity index (χ2v) is 7.82. The maximum absolute atomic E-state index is 9.48. The lowest BCUT2D eigenvalue weighted by Gasteiger charge is -2.45. The molecule has 2 unspecified atom stereocenters. The second kappa shape index (κ2) is 7.31. The molecule has 0 N–H and O–H groups in total. The van der Waals surface area contributed by atoms with Crippen molar-refractivity contribution < 1.29 is 4.74 Å². The van der Waals surface area contributed by atoms with Crippen LogP contribution in [0.1, 0.15) is 31.4 Å². The summed E-state index contributed by atoms with van der Waals surface area (Å²) in [5.74, 6) is 1.46. The molecule has 2 bridgehead atoms. The van der Waals surface area contributed by atoms with Crippen molar-refractivity contribution in [1.29, 1.82) is 5.26 Å². The molecular formula is C17H23N5OS. The lowest BCUT2D eigenvalue weighted by molar-refractivity contribution is 0.409. The first kappa shape index (κ1) is 16.9. The van der Waals surface area contributed by atoms with Gasteiger partial charge in [-0.3, -0.25) is 0 Å². The van der Waals surface area contributed by atoms with Gasteiger partial charge in [0.1, 0.15) is 11.8 Å². The Balaban J connectivity index is 1.96. The highest BCUT2D eigenvalue weighted by atomic mass is 32.2. The molecule has 24 heavy (non-hydrogen) atoms. The number of hydrogen-bond acceptors (Lipinski definition) is 6. The number of nitriles is 1. The van der Waals surface area contributed by atoms with Crippen LogP contribution in [0.15, 0.2) is 11.1 Å². The fraction of sp³-hybridized carbons (Fsp3) is 0.588. The Morgan fingerprint density at radius 1 is 1.50 bits per heavy atom. The van der Waals surface area contributed by atoms with Crippen LogP contribution in [0.2, 0.25) is 0 Å². The maximum Gasteiger partial charge on any atom is 0.173 e. The average Bonchev–Trinajstić information content (AvgIpc) is 2.50. The van der Waals surface area contributed by atoms with Crippen molar-refractivity contribution in [3.63, 3.8) is 0 Å². The fourth-order valence-corrected chi connectivity index (χ4v) is 4.43. The predicted molar refractivity (Wildman–Crippen MR) is 98.3 cm³/mol. The normalized spacial score (nSPS) is 23.2. The van der Waals surface area contributed by atoms with E-state index in [4.69, 9.17) is 4.74 Å². The SMILES string of the molecule is COc1cc(N=CN(C)C)c(C#N)nc1N1CCCCC2CC1S2. The maximum atomic E-state index is 9.48. The van der Waals surface area contributed by atoms with Crippen LogP contribution in [0.3, 0.4) is 0 Å². The zero-order chi connectivity index (χ0) is 17.1. The molecule has 0 aliphatic carbocycles. The molecule has 3 aliphatic heterocycles. The van der Waals surface area contributed by atoms with Crippen molar-refractivity contribution in [2.75, 3.05) is 32.6 Å². The van der Waals surface area contributed by atoms with Gasteiger partial charge in [-0.05, 0) is 19.3 Å². The van der Waals surface area contributed by atoms with E-state index in [1.54, 1.807) is 13.4 Å². The molecule has 3 fully saturated rings. The van der Waals surface area contributed by atoms with Crippen molar-refractivity contribution in [1.82, 2.24) is 9.88 Å². The van der Waals surface area contributed by atoms with Crippen LogP contribution >= 0.6 is 11.8 Å². The Bertz CT molecular complexity index is 664. The molecule has 0 spiro atoms. The van der Waals surface area contributed by atoms with Crippen LogP contribution in [-0.2, 0) is 0 Å². The number of rotatable bonds is 4. The molecule has 1 aromatic rings. The van der Waals surface area contributed by atoms with Crippen molar-refractivity contribution in [3.05, 3.63) is 11.8 Å². The summed E-state index contributed by atoms with van der Waals surface area (Å²) in [5, 5.41) is 10.7. The standard InChI is InChI=1S/C17H23N5OS/c1-21(2)11-19-13-9-15(23-3)17(20-14(13)10-18)22-7-5-4-6-12-8-16(22)24-12/h9,11-12,16H,4-8H2,1-3H3. The quantitative estimate of drug-likeness (QED) is 0.617. The number of ether oxygens (including phenoxy) is 1. The van der Waals surface area contributed by atoms with Gasteiger partial charge in [-0.15, -0.1) is 11.8 Å². The summed E-state index contributed by atoms with van der Waals surface area (Å²) in [6, 6.07) is 3.99. The van der Waals surface area contributed by atoms with Crippen LogP contribution in [0.4, 0.5) is 11.5 Å². The molecule has 4 rings (SSSR count). The van der Waals surface area contributed by atoms with Crippen molar-refractivity contribution >= 4 is 29.6 Å². The van der Waals surface area contributed by atoms with E-state index < -0.39 is 0 Å². The minimum absolute atomic E-state index is 0.340. The first-order chi connectivity index (χ1) is 11.6.